The molecule has 2 amide bonds. The number of likely N-dealkylation sites (tertiary alicyclic amines) is 1. The van der Waals surface area contributed by atoms with E-state index in [2.05, 4.69) is 5.32 Å². The Kier molecular flexibility index (Phi) is 4.80. The molecule has 3 atom stereocenters. The fourth-order valence-electron chi connectivity index (χ4n) is 3.19. The number of hydrogen-bond donors (Lipinski definition) is 2. The zero-order valence-electron chi connectivity index (χ0n) is 11.7. The molecule has 2 fully saturated rings. The van der Waals surface area contributed by atoms with Crippen LogP contribution in [0.4, 0.5) is 0 Å². The number of carbonyl (C=O) groups is 2. The van der Waals surface area contributed by atoms with Gasteiger partial charge in [0.25, 0.3) is 0 Å². The van der Waals surface area contributed by atoms with E-state index in [1.807, 2.05) is 0 Å². The Bertz CT molecular complexity index is 346. The van der Waals surface area contributed by atoms with Gasteiger partial charge in [-0.05, 0) is 38.1 Å². The molecular formula is C14H25N3O2. The maximum atomic E-state index is 12.3. The summed E-state index contributed by atoms with van der Waals surface area (Å²) in [7, 11) is 1.80. The minimum Gasteiger partial charge on any atom is -0.351 e. The second-order valence-electron chi connectivity index (χ2n) is 5.98. The van der Waals surface area contributed by atoms with Gasteiger partial charge in [-0.25, -0.2) is 0 Å². The molecule has 1 aliphatic carbocycles. The summed E-state index contributed by atoms with van der Waals surface area (Å²) in [6.07, 6.45) is 5.46. The zero-order valence-corrected chi connectivity index (χ0v) is 11.7. The van der Waals surface area contributed by atoms with E-state index in [1.165, 1.54) is 0 Å². The molecule has 5 nitrogen and oxygen atoms in total. The fraction of sp³-hybridized carbons (Fsp3) is 0.857. The van der Waals surface area contributed by atoms with Gasteiger partial charge in [0.1, 0.15) is 0 Å². The van der Waals surface area contributed by atoms with Gasteiger partial charge in [0.15, 0.2) is 0 Å². The van der Waals surface area contributed by atoms with Crippen LogP contribution in [0.25, 0.3) is 0 Å². The van der Waals surface area contributed by atoms with Crippen molar-refractivity contribution in [2.75, 3.05) is 20.1 Å². The van der Waals surface area contributed by atoms with Crippen molar-refractivity contribution in [3.8, 4) is 0 Å². The van der Waals surface area contributed by atoms with E-state index in [-0.39, 0.29) is 23.8 Å². The van der Waals surface area contributed by atoms with Gasteiger partial charge in [0.2, 0.25) is 11.8 Å². The lowest BCUT2D eigenvalue weighted by molar-refractivity contribution is -0.135. The molecule has 1 saturated carbocycles. The third kappa shape index (κ3) is 3.69. The number of carbonyl (C=O) groups excluding carboxylic acids is 2. The van der Waals surface area contributed by atoms with Crippen molar-refractivity contribution in [2.45, 2.75) is 44.6 Å². The average Bonchev–Trinajstić information content (AvgIpc) is 2.43. The topological polar surface area (TPSA) is 75.4 Å². The molecule has 0 bridgehead atoms. The molecule has 19 heavy (non-hydrogen) atoms. The second-order valence-corrected chi connectivity index (χ2v) is 5.98. The molecule has 0 aromatic carbocycles. The summed E-state index contributed by atoms with van der Waals surface area (Å²) >= 11 is 0. The maximum absolute atomic E-state index is 12.3. The molecule has 0 aromatic heterocycles. The van der Waals surface area contributed by atoms with Crippen molar-refractivity contribution in [3.63, 3.8) is 0 Å². The van der Waals surface area contributed by atoms with Gasteiger partial charge in [-0.1, -0.05) is 6.42 Å². The Labute approximate surface area is 114 Å². The van der Waals surface area contributed by atoms with Crippen molar-refractivity contribution in [2.24, 2.45) is 17.6 Å². The van der Waals surface area contributed by atoms with Crippen LogP contribution in [-0.4, -0.2) is 42.9 Å². The number of likely N-dealkylation sites (N-methyl/N-ethyl adjacent to an activating group) is 1. The van der Waals surface area contributed by atoms with Crippen LogP contribution in [0.3, 0.4) is 0 Å². The molecule has 3 unspecified atom stereocenters. The van der Waals surface area contributed by atoms with Crippen LogP contribution in [0.1, 0.15) is 38.5 Å². The molecule has 2 aliphatic rings. The lowest BCUT2D eigenvalue weighted by Crippen LogP contribution is -2.50. The van der Waals surface area contributed by atoms with Gasteiger partial charge in [-0.15, -0.1) is 0 Å². The van der Waals surface area contributed by atoms with E-state index in [0.29, 0.717) is 25.4 Å². The Morgan fingerprint density at radius 1 is 1.42 bits per heavy atom. The largest absolute Gasteiger partial charge is 0.351 e. The smallest absolute Gasteiger partial charge is 0.223 e. The van der Waals surface area contributed by atoms with E-state index in [4.69, 9.17) is 5.73 Å². The summed E-state index contributed by atoms with van der Waals surface area (Å²) in [5, 5.41) is 3.11. The number of piperidine rings is 1. The van der Waals surface area contributed by atoms with Gasteiger partial charge >= 0.3 is 0 Å². The summed E-state index contributed by atoms with van der Waals surface area (Å²) in [6, 6.07) is 0.119. The molecular weight excluding hydrogens is 242 g/mol. The highest BCUT2D eigenvalue weighted by Gasteiger charge is 2.30. The Balaban J connectivity index is 1.82. The first-order chi connectivity index (χ1) is 9.10. The first kappa shape index (κ1) is 14.3. The maximum Gasteiger partial charge on any atom is 0.223 e. The summed E-state index contributed by atoms with van der Waals surface area (Å²) in [4.78, 5) is 25.4. The van der Waals surface area contributed by atoms with Gasteiger partial charge in [0.05, 0.1) is 0 Å². The van der Waals surface area contributed by atoms with Crippen LogP contribution < -0.4 is 11.1 Å². The highest BCUT2D eigenvalue weighted by molar-refractivity contribution is 5.80. The number of nitrogens with zero attached hydrogens (tertiary/aromatic N) is 1. The minimum absolute atomic E-state index is 0.116. The summed E-state index contributed by atoms with van der Waals surface area (Å²) in [5.41, 5.74) is 5.71. The second kappa shape index (κ2) is 6.37. The van der Waals surface area contributed by atoms with E-state index < -0.39 is 0 Å². The predicted molar refractivity (Wildman–Crippen MR) is 73.3 cm³/mol. The molecule has 0 aromatic rings. The van der Waals surface area contributed by atoms with E-state index in [1.54, 1.807) is 11.9 Å². The van der Waals surface area contributed by atoms with Crippen LogP contribution in [-0.2, 0) is 9.59 Å². The Morgan fingerprint density at radius 2 is 2.21 bits per heavy atom. The summed E-state index contributed by atoms with van der Waals surface area (Å²) in [6.45, 7) is 1.32. The van der Waals surface area contributed by atoms with Gasteiger partial charge in [0, 0.05) is 32.0 Å². The highest BCUT2D eigenvalue weighted by Crippen LogP contribution is 2.28. The number of amides is 2. The first-order valence-electron chi connectivity index (χ1n) is 7.34. The third-order valence-corrected chi connectivity index (χ3v) is 4.46. The van der Waals surface area contributed by atoms with E-state index in [0.717, 1.165) is 32.1 Å². The van der Waals surface area contributed by atoms with Crippen molar-refractivity contribution in [1.82, 2.24) is 10.2 Å². The first-order valence-corrected chi connectivity index (χ1v) is 7.34. The quantitative estimate of drug-likeness (QED) is 0.781. The molecule has 2 rings (SSSR count). The predicted octanol–water partition coefficient (Wildman–Crippen LogP) is 0.489. The Morgan fingerprint density at radius 3 is 2.89 bits per heavy atom. The number of rotatable bonds is 3. The summed E-state index contributed by atoms with van der Waals surface area (Å²) < 4.78 is 0. The number of nitrogens with one attached hydrogen (secondary N) is 1. The van der Waals surface area contributed by atoms with Gasteiger partial charge in [-0.3, -0.25) is 9.59 Å². The van der Waals surface area contributed by atoms with E-state index in [9.17, 15) is 9.59 Å². The third-order valence-electron chi connectivity index (χ3n) is 4.46. The standard InChI is InChI=1S/C14H25N3O2/c1-17-9-12(5-6-13(17)18)16-14(19)11-4-2-3-10(7-11)8-15/h10-12H,2-9,15H2,1H3,(H,16,19). The molecule has 1 heterocycles. The Hall–Kier alpha value is -1.10. The van der Waals surface area contributed by atoms with Crippen molar-refractivity contribution in [1.29, 1.82) is 0 Å². The highest BCUT2D eigenvalue weighted by atomic mass is 16.2. The number of nitrogens with two attached hydrogens (primary N) is 1. The van der Waals surface area contributed by atoms with Crippen LogP contribution in [0.15, 0.2) is 0 Å². The van der Waals surface area contributed by atoms with Crippen LogP contribution >= 0.6 is 0 Å². The minimum atomic E-state index is 0.116. The van der Waals surface area contributed by atoms with Crippen LogP contribution in [0, 0.1) is 11.8 Å². The van der Waals surface area contributed by atoms with Crippen molar-refractivity contribution in [3.05, 3.63) is 0 Å². The lowest BCUT2D eigenvalue weighted by Gasteiger charge is -2.33. The van der Waals surface area contributed by atoms with Crippen molar-refractivity contribution >= 4 is 11.8 Å². The van der Waals surface area contributed by atoms with E-state index >= 15 is 0 Å². The lowest BCUT2D eigenvalue weighted by atomic mass is 9.81. The molecule has 108 valence electrons. The molecule has 0 radical (unpaired) electrons. The number of hydrogen-bond acceptors (Lipinski definition) is 3. The molecule has 5 heteroatoms. The average molecular weight is 267 g/mol. The monoisotopic (exact) mass is 267 g/mol. The van der Waals surface area contributed by atoms with Crippen LogP contribution in [0.5, 0.6) is 0 Å². The SMILES string of the molecule is CN1CC(NC(=O)C2CCCC(CN)C2)CCC1=O. The van der Waals surface area contributed by atoms with Crippen LogP contribution in [0.2, 0.25) is 0 Å². The molecule has 3 N–H and O–H groups in total. The van der Waals surface area contributed by atoms with Gasteiger partial charge in [-0.2, -0.15) is 0 Å². The normalized spacial score (nSPS) is 32.2. The molecule has 1 aliphatic heterocycles. The summed E-state index contributed by atoms with van der Waals surface area (Å²) in [5.74, 6) is 0.947. The zero-order chi connectivity index (χ0) is 13.8. The molecule has 0 spiro atoms. The fourth-order valence-corrected chi connectivity index (χ4v) is 3.19. The van der Waals surface area contributed by atoms with Gasteiger partial charge < -0.3 is 16.0 Å². The molecule has 1 saturated heterocycles. The van der Waals surface area contributed by atoms with Crippen molar-refractivity contribution < 1.29 is 9.59 Å².